The van der Waals surface area contributed by atoms with Gasteiger partial charge in [-0.15, -0.1) is 0 Å². The summed E-state index contributed by atoms with van der Waals surface area (Å²) in [6.45, 7) is 0.241. The molecular formula is C26H21ClN4O3. The van der Waals surface area contributed by atoms with Gasteiger partial charge in [-0.25, -0.2) is 4.68 Å². The summed E-state index contributed by atoms with van der Waals surface area (Å²) in [7, 11) is 1.56. The van der Waals surface area contributed by atoms with Crippen molar-refractivity contribution in [2.75, 3.05) is 12.4 Å². The minimum Gasteiger partial charge on any atom is -0.497 e. The number of halogens is 1. The summed E-state index contributed by atoms with van der Waals surface area (Å²) in [4.78, 5) is 26.2. The number of rotatable bonds is 6. The molecule has 0 unspecified atom stereocenters. The number of anilines is 1. The van der Waals surface area contributed by atoms with Crippen LogP contribution < -0.4 is 15.6 Å². The number of methoxy groups -OCH3 is 1. The van der Waals surface area contributed by atoms with Crippen molar-refractivity contribution in [2.45, 2.75) is 13.1 Å². The number of amides is 1. The Bertz CT molecular complexity index is 1590. The highest BCUT2D eigenvalue weighted by Crippen LogP contribution is 2.27. The van der Waals surface area contributed by atoms with Crippen LogP contribution in [0.4, 0.5) is 5.69 Å². The highest BCUT2D eigenvalue weighted by atomic mass is 35.5. The van der Waals surface area contributed by atoms with Gasteiger partial charge in [-0.2, -0.15) is 5.10 Å². The average molecular weight is 473 g/mol. The number of benzene rings is 3. The molecule has 3 aromatic carbocycles. The Morgan fingerprint density at radius 2 is 1.85 bits per heavy atom. The lowest BCUT2D eigenvalue weighted by Gasteiger charge is -2.10. The number of hydrogen-bond donors (Lipinski definition) is 1. The predicted molar refractivity (Wildman–Crippen MR) is 134 cm³/mol. The van der Waals surface area contributed by atoms with Gasteiger partial charge in [0.05, 0.1) is 13.3 Å². The normalized spacial score (nSPS) is 11.1. The zero-order valence-corrected chi connectivity index (χ0v) is 19.1. The van der Waals surface area contributed by atoms with Crippen LogP contribution in [-0.2, 0) is 17.9 Å². The summed E-state index contributed by atoms with van der Waals surface area (Å²) in [6.07, 6.45) is 1.65. The van der Waals surface area contributed by atoms with Gasteiger partial charge in [0, 0.05) is 39.6 Å². The Balaban J connectivity index is 1.54. The fraction of sp³-hybridized carbons (Fsp3) is 0.115. The summed E-state index contributed by atoms with van der Waals surface area (Å²) < 4.78 is 8.33. The van der Waals surface area contributed by atoms with Gasteiger partial charge >= 0.3 is 0 Å². The average Bonchev–Trinajstić information content (AvgIpc) is 3.15. The van der Waals surface area contributed by atoms with E-state index in [1.807, 2.05) is 53.1 Å². The Morgan fingerprint density at radius 3 is 2.68 bits per heavy atom. The van der Waals surface area contributed by atoms with Gasteiger partial charge in [-0.3, -0.25) is 9.59 Å². The number of para-hydroxylation sites is 1. The lowest BCUT2D eigenvalue weighted by Crippen LogP contribution is -2.30. The number of carbonyl (C=O) groups excluding carboxylic acids is 1. The van der Waals surface area contributed by atoms with E-state index in [1.54, 1.807) is 37.6 Å². The van der Waals surface area contributed by atoms with Crippen molar-refractivity contribution in [1.29, 1.82) is 0 Å². The van der Waals surface area contributed by atoms with Crippen molar-refractivity contribution in [2.24, 2.45) is 0 Å². The molecule has 0 atom stereocenters. The van der Waals surface area contributed by atoms with E-state index in [0.29, 0.717) is 28.5 Å². The molecule has 5 rings (SSSR count). The van der Waals surface area contributed by atoms with Crippen LogP contribution in [-0.4, -0.2) is 27.4 Å². The van der Waals surface area contributed by atoms with Crippen LogP contribution in [0.2, 0.25) is 5.02 Å². The summed E-state index contributed by atoms with van der Waals surface area (Å²) in [5, 5.41) is 9.38. The highest BCUT2D eigenvalue weighted by Gasteiger charge is 2.17. The third-order valence-electron chi connectivity index (χ3n) is 5.65. The van der Waals surface area contributed by atoms with Crippen molar-refractivity contribution >= 4 is 45.0 Å². The number of hydrogen-bond acceptors (Lipinski definition) is 4. The number of ether oxygens (including phenoxy) is 1. The zero-order valence-electron chi connectivity index (χ0n) is 18.4. The van der Waals surface area contributed by atoms with Crippen molar-refractivity contribution in [3.63, 3.8) is 0 Å². The van der Waals surface area contributed by atoms with Crippen LogP contribution in [0.1, 0.15) is 5.56 Å². The Morgan fingerprint density at radius 1 is 1.03 bits per heavy atom. The van der Waals surface area contributed by atoms with E-state index in [2.05, 4.69) is 10.4 Å². The smallest absolute Gasteiger partial charge is 0.291 e. The number of aromatic nitrogens is 3. The van der Waals surface area contributed by atoms with Gasteiger partial charge in [0.1, 0.15) is 17.8 Å². The second-order valence-corrected chi connectivity index (χ2v) is 8.32. The maximum Gasteiger partial charge on any atom is 0.291 e. The number of nitrogens with one attached hydrogen (secondary N) is 1. The van der Waals surface area contributed by atoms with Gasteiger partial charge in [-0.1, -0.05) is 48.0 Å². The van der Waals surface area contributed by atoms with Crippen molar-refractivity contribution in [3.05, 3.63) is 99.9 Å². The molecule has 7 nitrogen and oxygen atoms in total. The zero-order chi connectivity index (χ0) is 23.7. The predicted octanol–water partition coefficient (Wildman–Crippen LogP) is 4.70. The van der Waals surface area contributed by atoms with E-state index >= 15 is 0 Å². The molecule has 1 N–H and O–H groups in total. The molecule has 34 heavy (non-hydrogen) atoms. The molecule has 8 heteroatoms. The summed E-state index contributed by atoms with van der Waals surface area (Å²) >= 11 is 6.18. The van der Waals surface area contributed by atoms with Gasteiger partial charge in [0.2, 0.25) is 5.91 Å². The standard InChI is InChI=1S/C26H21ClN4O3/c1-34-20-9-5-8-19(13-20)29-24(32)16-31-26(33)25-22(14-28-31)21-10-2-3-11-23(21)30(25)15-17-6-4-7-18(27)12-17/h2-14H,15-16H2,1H3,(H,29,32). The molecule has 5 aromatic rings. The Hall–Kier alpha value is -4.10. The first-order valence-electron chi connectivity index (χ1n) is 10.7. The maximum absolute atomic E-state index is 13.5. The molecule has 0 saturated carbocycles. The fourth-order valence-electron chi connectivity index (χ4n) is 4.13. The van der Waals surface area contributed by atoms with Gasteiger partial charge in [0.25, 0.3) is 5.56 Å². The van der Waals surface area contributed by atoms with Crippen LogP contribution in [0, 0.1) is 0 Å². The van der Waals surface area contributed by atoms with Crippen LogP contribution in [0.5, 0.6) is 5.75 Å². The minimum absolute atomic E-state index is 0.218. The van der Waals surface area contributed by atoms with E-state index in [-0.39, 0.29) is 18.0 Å². The second-order valence-electron chi connectivity index (χ2n) is 7.88. The minimum atomic E-state index is -0.361. The molecule has 1 amide bonds. The van der Waals surface area contributed by atoms with Crippen LogP contribution in [0.15, 0.2) is 83.8 Å². The maximum atomic E-state index is 13.5. The number of nitrogens with zero attached hydrogens (tertiary/aromatic N) is 3. The van der Waals surface area contributed by atoms with Gasteiger partial charge in [0.15, 0.2) is 0 Å². The Labute approximate surface area is 200 Å². The topological polar surface area (TPSA) is 78.2 Å². The monoisotopic (exact) mass is 472 g/mol. The lowest BCUT2D eigenvalue weighted by molar-refractivity contribution is -0.117. The van der Waals surface area contributed by atoms with E-state index in [4.69, 9.17) is 16.3 Å². The molecule has 0 aliphatic carbocycles. The van der Waals surface area contributed by atoms with Crippen LogP contribution >= 0.6 is 11.6 Å². The molecule has 0 bridgehead atoms. The molecule has 0 fully saturated rings. The van der Waals surface area contributed by atoms with Crippen molar-refractivity contribution in [1.82, 2.24) is 14.3 Å². The summed E-state index contributed by atoms with van der Waals surface area (Å²) in [5.74, 6) is 0.264. The van der Waals surface area contributed by atoms with E-state index in [9.17, 15) is 9.59 Å². The fourth-order valence-corrected chi connectivity index (χ4v) is 4.34. The molecule has 2 heterocycles. The second kappa shape index (κ2) is 9.03. The molecule has 0 aliphatic rings. The van der Waals surface area contributed by atoms with Gasteiger partial charge in [-0.05, 0) is 35.9 Å². The van der Waals surface area contributed by atoms with Crippen molar-refractivity contribution in [3.8, 4) is 5.75 Å². The molecule has 0 aliphatic heterocycles. The third-order valence-corrected chi connectivity index (χ3v) is 5.88. The first-order chi connectivity index (χ1) is 16.5. The third kappa shape index (κ3) is 4.13. The SMILES string of the molecule is COc1cccc(NC(=O)Cn2ncc3c4ccccc4n(Cc4cccc(Cl)c4)c3c2=O)c1. The highest BCUT2D eigenvalue weighted by molar-refractivity contribution is 6.30. The lowest BCUT2D eigenvalue weighted by atomic mass is 10.2. The van der Waals surface area contributed by atoms with Gasteiger partial charge < -0.3 is 14.6 Å². The first kappa shape index (κ1) is 21.7. The van der Waals surface area contributed by atoms with Crippen LogP contribution in [0.25, 0.3) is 21.8 Å². The molecule has 0 spiro atoms. The van der Waals surface area contributed by atoms with E-state index in [1.165, 1.54) is 4.68 Å². The molecule has 2 aromatic heterocycles. The van der Waals surface area contributed by atoms with E-state index < -0.39 is 0 Å². The number of fused-ring (bicyclic) bond motifs is 3. The molecule has 170 valence electrons. The summed E-state index contributed by atoms with van der Waals surface area (Å²) in [6, 6.07) is 22.4. The number of carbonyl (C=O) groups is 1. The largest absolute Gasteiger partial charge is 0.497 e. The summed E-state index contributed by atoms with van der Waals surface area (Å²) in [5.41, 5.74) is 2.61. The van der Waals surface area contributed by atoms with E-state index in [0.717, 1.165) is 21.9 Å². The molecule has 0 radical (unpaired) electrons. The first-order valence-corrected chi connectivity index (χ1v) is 11.1. The Kier molecular flexibility index (Phi) is 5.77. The quantitative estimate of drug-likeness (QED) is 0.388. The van der Waals surface area contributed by atoms with Crippen LogP contribution in [0.3, 0.4) is 0 Å². The molecular weight excluding hydrogens is 452 g/mol. The molecule has 0 saturated heterocycles. The van der Waals surface area contributed by atoms with Crippen molar-refractivity contribution < 1.29 is 9.53 Å².